The molecule has 2 rings (SSSR count). The van der Waals surface area contributed by atoms with Crippen LogP contribution in [0.1, 0.15) is 25.2 Å². The average Bonchev–Trinajstić information content (AvgIpc) is 2.81. The lowest BCUT2D eigenvalue weighted by Crippen LogP contribution is -2.32. The van der Waals surface area contributed by atoms with Gasteiger partial charge in [-0.3, -0.25) is 14.3 Å². The van der Waals surface area contributed by atoms with Gasteiger partial charge in [-0.15, -0.1) is 11.8 Å². The minimum absolute atomic E-state index is 0.371. The molecular weight excluding hydrogens is 338 g/mol. The zero-order valence-corrected chi connectivity index (χ0v) is 15.9. The normalized spacial score (nSPS) is 13.2. The third-order valence-electron chi connectivity index (χ3n) is 3.81. The summed E-state index contributed by atoms with van der Waals surface area (Å²) in [6.07, 6.45) is -0.884. The molecule has 134 valence electrons. The summed E-state index contributed by atoms with van der Waals surface area (Å²) in [5.41, 5.74) is 2.22. The maximum absolute atomic E-state index is 12.3. The van der Waals surface area contributed by atoms with Crippen LogP contribution < -0.4 is 5.32 Å². The highest BCUT2D eigenvalue weighted by Crippen LogP contribution is 2.24. The molecule has 0 fully saturated rings. The zero-order chi connectivity index (χ0) is 18.6. The summed E-state index contributed by atoms with van der Waals surface area (Å²) in [7, 11) is 1.81. The van der Waals surface area contributed by atoms with Crippen molar-refractivity contribution < 1.29 is 14.3 Å². The Morgan fingerprint density at radius 3 is 2.40 bits per heavy atom. The first-order valence-corrected chi connectivity index (χ1v) is 8.90. The Bertz CT molecular complexity index is 758. The summed E-state index contributed by atoms with van der Waals surface area (Å²) in [4.78, 5) is 25.5. The molecule has 1 aromatic heterocycles. The predicted molar refractivity (Wildman–Crippen MR) is 98.6 cm³/mol. The van der Waals surface area contributed by atoms with E-state index in [0.29, 0.717) is 5.69 Å². The molecule has 1 heterocycles. The van der Waals surface area contributed by atoms with Crippen molar-refractivity contribution in [1.29, 1.82) is 0 Å². The molecule has 0 saturated carbocycles. The summed E-state index contributed by atoms with van der Waals surface area (Å²) in [6, 6.07) is 9.60. The van der Waals surface area contributed by atoms with E-state index in [9.17, 15) is 9.59 Å². The molecule has 1 amide bonds. The summed E-state index contributed by atoms with van der Waals surface area (Å²) in [5.74, 6) is -0.791. The molecule has 1 aromatic carbocycles. The Hall–Kier alpha value is -2.28. The third-order valence-corrected chi connectivity index (χ3v) is 4.90. The fourth-order valence-electron chi connectivity index (χ4n) is 2.25. The van der Waals surface area contributed by atoms with E-state index in [2.05, 4.69) is 10.4 Å². The SMILES string of the molecule is Cc1nn(C)c(C)c1NC(=O)C(C)OC(=O)C(C)Sc1ccccc1. The first-order chi connectivity index (χ1) is 11.8. The average molecular weight is 361 g/mol. The summed E-state index contributed by atoms with van der Waals surface area (Å²) < 4.78 is 7.00. The highest BCUT2D eigenvalue weighted by Gasteiger charge is 2.24. The van der Waals surface area contributed by atoms with E-state index < -0.39 is 17.3 Å². The van der Waals surface area contributed by atoms with Crippen molar-refractivity contribution in [2.45, 2.75) is 43.9 Å². The molecule has 2 atom stereocenters. The molecule has 0 aliphatic rings. The number of ether oxygens (including phenoxy) is 1. The lowest BCUT2D eigenvalue weighted by atomic mass is 10.3. The number of carbonyl (C=O) groups is 2. The number of hydrogen-bond acceptors (Lipinski definition) is 5. The molecule has 0 aliphatic heterocycles. The van der Waals surface area contributed by atoms with Crippen molar-refractivity contribution in [2.75, 3.05) is 5.32 Å². The first-order valence-electron chi connectivity index (χ1n) is 8.03. The van der Waals surface area contributed by atoms with E-state index in [0.717, 1.165) is 16.3 Å². The van der Waals surface area contributed by atoms with Crippen molar-refractivity contribution in [3.63, 3.8) is 0 Å². The summed E-state index contributed by atoms with van der Waals surface area (Å²) >= 11 is 1.40. The summed E-state index contributed by atoms with van der Waals surface area (Å²) in [6.45, 7) is 7.01. The van der Waals surface area contributed by atoms with Crippen LogP contribution in [-0.4, -0.2) is 33.0 Å². The lowest BCUT2D eigenvalue weighted by molar-refractivity contribution is -0.152. The van der Waals surface area contributed by atoms with Crippen molar-refractivity contribution in [2.24, 2.45) is 7.05 Å². The highest BCUT2D eigenvalue weighted by atomic mass is 32.2. The van der Waals surface area contributed by atoms with Crippen LogP contribution in [0.3, 0.4) is 0 Å². The van der Waals surface area contributed by atoms with Crippen LogP contribution in [0.25, 0.3) is 0 Å². The summed E-state index contributed by atoms with van der Waals surface area (Å²) in [5, 5.41) is 6.63. The van der Waals surface area contributed by atoms with E-state index in [1.807, 2.05) is 51.2 Å². The maximum atomic E-state index is 12.3. The minimum atomic E-state index is -0.884. The molecule has 0 spiro atoms. The quantitative estimate of drug-likeness (QED) is 0.632. The van der Waals surface area contributed by atoms with Gasteiger partial charge in [-0.2, -0.15) is 5.10 Å². The molecular formula is C18H23N3O3S. The second-order valence-electron chi connectivity index (χ2n) is 5.81. The molecule has 0 saturated heterocycles. The van der Waals surface area contributed by atoms with Gasteiger partial charge in [0.2, 0.25) is 0 Å². The Morgan fingerprint density at radius 1 is 1.20 bits per heavy atom. The number of nitrogens with zero attached hydrogens (tertiary/aromatic N) is 2. The van der Waals surface area contributed by atoms with E-state index >= 15 is 0 Å². The molecule has 2 aromatic rings. The molecule has 6 nitrogen and oxygen atoms in total. The van der Waals surface area contributed by atoms with Gasteiger partial charge in [-0.25, -0.2) is 0 Å². The Kier molecular flexibility index (Phi) is 6.25. The molecule has 7 heteroatoms. The van der Waals surface area contributed by atoms with Gasteiger partial charge in [0, 0.05) is 11.9 Å². The number of aromatic nitrogens is 2. The number of amides is 1. The number of hydrogen-bond donors (Lipinski definition) is 1. The van der Waals surface area contributed by atoms with Crippen molar-refractivity contribution in [3.8, 4) is 0 Å². The third kappa shape index (κ3) is 4.85. The Balaban J connectivity index is 1.92. The number of thioether (sulfide) groups is 1. The number of carbonyl (C=O) groups excluding carboxylic acids is 2. The fourth-order valence-corrected chi connectivity index (χ4v) is 3.13. The smallest absolute Gasteiger partial charge is 0.319 e. The Morgan fingerprint density at radius 2 is 1.84 bits per heavy atom. The van der Waals surface area contributed by atoms with Gasteiger partial charge in [0.1, 0.15) is 5.25 Å². The second-order valence-corrected chi connectivity index (χ2v) is 7.23. The largest absolute Gasteiger partial charge is 0.452 e. The van der Waals surface area contributed by atoms with Gasteiger partial charge in [-0.05, 0) is 39.8 Å². The molecule has 0 aliphatic carbocycles. The molecule has 0 radical (unpaired) electrons. The van der Waals surface area contributed by atoms with Gasteiger partial charge >= 0.3 is 5.97 Å². The van der Waals surface area contributed by atoms with Crippen LogP contribution in [0, 0.1) is 13.8 Å². The van der Waals surface area contributed by atoms with Gasteiger partial charge in [0.25, 0.3) is 5.91 Å². The lowest BCUT2D eigenvalue weighted by Gasteiger charge is -2.16. The number of rotatable bonds is 6. The molecule has 0 bridgehead atoms. The second kappa shape index (κ2) is 8.20. The van der Waals surface area contributed by atoms with Crippen LogP contribution in [0.15, 0.2) is 35.2 Å². The van der Waals surface area contributed by atoms with Crippen molar-refractivity contribution >= 4 is 29.3 Å². The van der Waals surface area contributed by atoms with Gasteiger partial charge < -0.3 is 10.1 Å². The number of nitrogens with one attached hydrogen (secondary N) is 1. The van der Waals surface area contributed by atoms with Gasteiger partial charge in [0.15, 0.2) is 6.10 Å². The van der Waals surface area contributed by atoms with Gasteiger partial charge in [0.05, 0.1) is 17.1 Å². The number of anilines is 1. The van der Waals surface area contributed by atoms with Crippen LogP contribution >= 0.6 is 11.8 Å². The van der Waals surface area contributed by atoms with E-state index in [1.54, 1.807) is 18.5 Å². The highest BCUT2D eigenvalue weighted by molar-refractivity contribution is 8.00. The number of aryl methyl sites for hydroxylation is 2. The maximum Gasteiger partial charge on any atom is 0.319 e. The zero-order valence-electron chi connectivity index (χ0n) is 15.1. The van der Waals surface area contributed by atoms with E-state index in [1.165, 1.54) is 11.8 Å². The van der Waals surface area contributed by atoms with E-state index in [-0.39, 0.29) is 5.91 Å². The topological polar surface area (TPSA) is 73.2 Å². The molecule has 1 N–H and O–H groups in total. The Labute approximate surface area is 151 Å². The van der Waals surface area contributed by atoms with Gasteiger partial charge in [-0.1, -0.05) is 18.2 Å². The van der Waals surface area contributed by atoms with Crippen LogP contribution in [-0.2, 0) is 21.4 Å². The fraction of sp³-hybridized carbons (Fsp3) is 0.389. The first kappa shape index (κ1) is 19.1. The molecule has 25 heavy (non-hydrogen) atoms. The monoisotopic (exact) mass is 361 g/mol. The van der Waals surface area contributed by atoms with E-state index in [4.69, 9.17) is 4.74 Å². The van der Waals surface area contributed by atoms with Crippen LogP contribution in [0.2, 0.25) is 0 Å². The number of esters is 1. The van der Waals surface area contributed by atoms with Crippen molar-refractivity contribution in [1.82, 2.24) is 9.78 Å². The minimum Gasteiger partial charge on any atom is -0.452 e. The van der Waals surface area contributed by atoms with Crippen LogP contribution in [0.4, 0.5) is 5.69 Å². The van der Waals surface area contributed by atoms with Crippen molar-refractivity contribution in [3.05, 3.63) is 41.7 Å². The standard InChI is InChI=1S/C18H23N3O3S/c1-11-16(12(2)21(5)20-11)19-17(22)13(3)24-18(23)14(4)25-15-9-7-6-8-10-15/h6-10,13-14H,1-5H3,(H,19,22). The predicted octanol–water partition coefficient (Wildman–Crippen LogP) is 3.09. The van der Waals surface area contributed by atoms with Crippen LogP contribution in [0.5, 0.6) is 0 Å². The number of benzene rings is 1. The molecule has 2 unspecified atom stereocenters.